The summed E-state index contributed by atoms with van der Waals surface area (Å²) >= 11 is 0. The highest BCUT2D eigenvalue weighted by atomic mass is 16.6. The van der Waals surface area contributed by atoms with Crippen LogP contribution in [0, 0.1) is 0 Å². The fraction of sp³-hybridized carbons (Fsp3) is 0.731. The summed E-state index contributed by atoms with van der Waals surface area (Å²) in [6.07, 6.45) is -8.63. The lowest BCUT2D eigenvalue weighted by Crippen LogP contribution is -2.58. The van der Waals surface area contributed by atoms with Crippen LogP contribution in [0.5, 0.6) is 0 Å². The summed E-state index contributed by atoms with van der Waals surface area (Å²) in [5, 5.41) is 0. The van der Waals surface area contributed by atoms with E-state index in [4.69, 9.17) is 28.4 Å². The number of carbonyl (C=O) groups excluding carboxylic acids is 7. The van der Waals surface area contributed by atoms with Crippen molar-refractivity contribution in [2.75, 3.05) is 7.11 Å². The van der Waals surface area contributed by atoms with E-state index in [0.29, 0.717) is 6.42 Å². The summed E-state index contributed by atoms with van der Waals surface area (Å²) in [5.41, 5.74) is 0. The highest BCUT2D eigenvalue weighted by Crippen LogP contribution is 2.28. The Hall–Kier alpha value is -3.71. The summed E-state index contributed by atoms with van der Waals surface area (Å²) < 4.78 is 37.2. The molecular weight excluding hydrogens is 536 g/mol. The summed E-state index contributed by atoms with van der Waals surface area (Å²) in [4.78, 5) is 84.4. The van der Waals surface area contributed by atoms with Crippen LogP contribution in [0.1, 0.15) is 80.6 Å². The van der Waals surface area contributed by atoms with Crippen molar-refractivity contribution in [3.8, 4) is 0 Å². The molecular formula is C26H40O14. The fourth-order valence-electron chi connectivity index (χ4n) is 3.96. The maximum Gasteiger partial charge on any atom is 0.305 e. The van der Waals surface area contributed by atoms with Crippen LogP contribution < -0.4 is 0 Å². The molecule has 0 aromatic heterocycles. The normalized spacial score (nSPS) is 15.1. The standard InChI is InChI=1S/C26H40O14/c1-9-11-20(35-14(2)27)23(37-16(4)29)25(39-18(6)31)26(40-19(7)32)24(38-17(5)30)21(36-15(3)28)12-10-13-22(33)34-8/h20-21,23-26H,9-13H2,1-8H3/t20-,21+,23+,24-,25+,26-/m1/s1. The molecule has 14 nitrogen and oxygen atoms in total. The van der Waals surface area contributed by atoms with Gasteiger partial charge in [0, 0.05) is 48.0 Å². The van der Waals surface area contributed by atoms with Gasteiger partial charge >= 0.3 is 41.8 Å². The van der Waals surface area contributed by atoms with E-state index in [1.807, 2.05) is 0 Å². The zero-order valence-electron chi connectivity index (χ0n) is 24.2. The minimum atomic E-state index is -1.73. The molecule has 0 amide bonds. The first kappa shape index (κ1) is 36.3. The number of esters is 7. The monoisotopic (exact) mass is 576 g/mol. The Balaban J connectivity index is 7.07. The second-order valence-corrected chi connectivity index (χ2v) is 8.85. The molecule has 0 radical (unpaired) electrons. The third kappa shape index (κ3) is 14.4. The van der Waals surface area contributed by atoms with Gasteiger partial charge in [0.2, 0.25) is 0 Å². The molecule has 0 N–H and O–H groups in total. The summed E-state index contributed by atoms with van der Waals surface area (Å²) in [5.74, 6) is -5.66. The van der Waals surface area contributed by atoms with Crippen molar-refractivity contribution in [3.05, 3.63) is 0 Å². The first-order valence-corrected chi connectivity index (χ1v) is 12.7. The molecule has 14 heteroatoms. The average molecular weight is 577 g/mol. The van der Waals surface area contributed by atoms with Gasteiger partial charge in [0.15, 0.2) is 24.4 Å². The van der Waals surface area contributed by atoms with Gasteiger partial charge in [-0.1, -0.05) is 13.3 Å². The molecule has 40 heavy (non-hydrogen) atoms. The van der Waals surface area contributed by atoms with Gasteiger partial charge in [0.1, 0.15) is 12.2 Å². The zero-order chi connectivity index (χ0) is 31.0. The van der Waals surface area contributed by atoms with Crippen molar-refractivity contribution in [1.29, 1.82) is 0 Å². The Kier molecular flexibility index (Phi) is 16.8. The number of rotatable bonds is 17. The smallest absolute Gasteiger partial charge is 0.305 e. The van der Waals surface area contributed by atoms with E-state index in [0.717, 1.165) is 41.5 Å². The molecule has 0 saturated carbocycles. The maximum atomic E-state index is 12.3. The number of methoxy groups -OCH3 is 1. The molecule has 0 rings (SSSR count). The third-order valence-corrected chi connectivity index (χ3v) is 5.22. The van der Waals surface area contributed by atoms with Crippen LogP contribution in [-0.4, -0.2) is 85.5 Å². The second-order valence-electron chi connectivity index (χ2n) is 8.85. The predicted molar refractivity (Wildman–Crippen MR) is 134 cm³/mol. The van der Waals surface area contributed by atoms with Crippen LogP contribution in [0.15, 0.2) is 0 Å². The van der Waals surface area contributed by atoms with Crippen molar-refractivity contribution in [1.82, 2.24) is 0 Å². The quantitative estimate of drug-likeness (QED) is 0.180. The molecule has 0 aromatic carbocycles. The number of hydrogen-bond donors (Lipinski definition) is 0. The minimum Gasteiger partial charge on any atom is -0.469 e. The molecule has 0 bridgehead atoms. The zero-order valence-corrected chi connectivity index (χ0v) is 24.2. The fourth-order valence-corrected chi connectivity index (χ4v) is 3.96. The van der Waals surface area contributed by atoms with Gasteiger partial charge in [-0.3, -0.25) is 33.6 Å². The number of ether oxygens (including phenoxy) is 7. The second kappa shape index (κ2) is 18.6. The summed E-state index contributed by atoms with van der Waals surface area (Å²) in [6, 6.07) is 0. The molecule has 0 aliphatic rings. The Bertz CT molecular complexity index is 898. The SMILES string of the molecule is CCC[C@@H](OC(C)=O)[C@H](OC(C)=O)[C@H](OC(C)=O)[C@H](OC(C)=O)[C@H](OC(C)=O)[C@H](CCCC(=O)OC)OC(C)=O. The molecule has 0 heterocycles. The largest absolute Gasteiger partial charge is 0.469 e. The van der Waals surface area contributed by atoms with E-state index in [-0.39, 0.29) is 25.7 Å². The number of hydrogen-bond acceptors (Lipinski definition) is 14. The van der Waals surface area contributed by atoms with E-state index >= 15 is 0 Å². The van der Waals surface area contributed by atoms with E-state index in [2.05, 4.69) is 4.74 Å². The topological polar surface area (TPSA) is 184 Å². The molecule has 0 aromatic rings. The van der Waals surface area contributed by atoms with Crippen LogP contribution in [0.4, 0.5) is 0 Å². The van der Waals surface area contributed by atoms with Crippen molar-refractivity contribution in [3.63, 3.8) is 0 Å². The molecule has 0 aliphatic heterocycles. The molecule has 0 fully saturated rings. The lowest BCUT2D eigenvalue weighted by atomic mass is 9.91. The highest BCUT2D eigenvalue weighted by molar-refractivity contribution is 5.70. The van der Waals surface area contributed by atoms with E-state index in [9.17, 15) is 33.6 Å². The van der Waals surface area contributed by atoms with Crippen molar-refractivity contribution >= 4 is 41.8 Å². The van der Waals surface area contributed by atoms with Crippen molar-refractivity contribution in [2.45, 2.75) is 117 Å². The van der Waals surface area contributed by atoms with Gasteiger partial charge in [0.25, 0.3) is 0 Å². The van der Waals surface area contributed by atoms with Gasteiger partial charge in [0.05, 0.1) is 7.11 Å². The third-order valence-electron chi connectivity index (χ3n) is 5.22. The molecule has 6 atom stereocenters. The van der Waals surface area contributed by atoms with Gasteiger partial charge in [-0.25, -0.2) is 0 Å². The predicted octanol–water partition coefficient (Wildman–Crippen LogP) is 1.72. The van der Waals surface area contributed by atoms with Crippen molar-refractivity contribution < 1.29 is 66.7 Å². The Morgan fingerprint density at radius 2 is 0.825 bits per heavy atom. The van der Waals surface area contributed by atoms with Crippen LogP contribution >= 0.6 is 0 Å². The van der Waals surface area contributed by atoms with E-state index < -0.39 is 78.4 Å². The van der Waals surface area contributed by atoms with Crippen molar-refractivity contribution in [2.24, 2.45) is 0 Å². The van der Waals surface area contributed by atoms with Crippen LogP contribution in [0.3, 0.4) is 0 Å². The van der Waals surface area contributed by atoms with Crippen LogP contribution in [0.2, 0.25) is 0 Å². The van der Waals surface area contributed by atoms with Gasteiger partial charge in [-0.05, 0) is 19.3 Å². The highest BCUT2D eigenvalue weighted by Gasteiger charge is 2.50. The average Bonchev–Trinajstić information content (AvgIpc) is 2.81. The van der Waals surface area contributed by atoms with Gasteiger partial charge in [-0.15, -0.1) is 0 Å². The molecule has 228 valence electrons. The van der Waals surface area contributed by atoms with Gasteiger partial charge < -0.3 is 33.2 Å². The minimum absolute atomic E-state index is 0.0856. The lowest BCUT2D eigenvalue weighted by Gasteiger charge is -2.39. The van der Waals surface area contributed by atoms with Crippen LogP contribution in [-0.2, 0) is 66.7 Å². The Labute approximate surface area is 233 Å². The van der Waals surface area contributed by atoms with Crippen LogP contribution in [0.25, 0.3) is 0 Å². The molecule has 0 aliphatic carbocycles. The maximum absolute atomic E-state index is 12.3. The van der Waals surface area contributed by atoms with E-state index in [1.165, 1.54) is 7.11 Å². The Morgan fingerprint density at radius 3 is 1.12 bits per heavy atom. The molecule has 0 spiro atoms. The lowest BCUT2D eigenvalue weighted by molar-refractivity contribution is -0.219. The Morgan fingerprint density at radius 1 is 0.500 bits per heavy atom. The van der Waals surface area contributed by atoms with Gasteiger partial charge in [-0.2, -0.15) is 0 Å². The molecule has 0 unspecified atom stereocenters. The molecule has 0 saturated heterocycles. The van der Waals surface area contributed by atoms with E-state index in [1.54, 1.807) is 6.92 Å². The summed E-state index contributed by atoms with van der Waals surface area (Å²) in [7, 11) is 1.19. The first-order chi connectivity index (χ1) is 18.6. The first-order valence-electron chi connectivity index (χ1n) is 12.7. The number of carbonyl (C=O) groups is 7. The summed E-state index contributed by atoms with van der Waals surface area (Å²) in [6.45, 7) is 8.13.